The molecule has 2 aliphatic rings. The summed E-state index contributed by atoms with van der Waals surface area (Å²) in [4.78, 5) is 33.3. The molecule has 6 rings (SSSR count). The second kappa shape index (κ2) is 10.7. The first kappa shape index (κ1) is 26.6. The minimum absolute atomic E-state index is 0.00376. The van der Waals surface area contributed by atoms with E-state index in [0.717, 1.165) is 16.0 Å². The standard InChI is InChI=1S/C32H28N2O6S/c1-4-14-39-22-9-6-19(7-10-22)28-27(29(35)20-8-13-25-21(16-20)15-18(3)40-25)30(36)31(37)34(28)32-33-24-12-11-23(38-5-2)17-26(24)41-32/h4,6-13,16-18,28,35H,1,5,14-15H2,2-3H3/b29-27+. The Bertz CT molecular complexity index is 1710. The Morgan fingerprint density at radius 3 is 2.66 bits per heavy atom. The van der Waals surface area contributed by atoms with Gasteiger partial charge in [-0.1, -0.05) is 36.1 Å². The molecule has 4 aromatic rings. The van der Waals surface area contributed by atoms with Crippen LogP contribution in [0.5, 0.6) is 17.2 Å². The Morgan fingerprint density at radius 2 is 1.90 bits per heavy atom. The molecule has 0 saturated carbocycles. The van der Waals surface area contributed by atoms with E-state index in [-0.39, 0.29) is 17.4 Å². The maximum atomic E-state index is 13.6. The maximum absolute atomic E-state index is 13.6. The van der Waals surface area contributed by atoms with Crippen LogP contribution in [0.4, 0.5) is 5.13 Å². The third-order valence-corrected chi connectivity index (χ3v) is 8.06. The number of fused-ring (bicyclic) bond motifs is 2. The van der Waals surface area contributed by atoms with E-state index >= 15 is 0 Å². The molecule has 41 heavy (non-hydrogen) atoms. The number of Topliss-reactive ketones (excluding diaryl/α,β-unsaturated/α-hetero) is 1. The van der Waals surface area contributed by atoms with Gasteiger partial charge in [0.1, 0.15) is 35.7 Å². The van der Waals surface area contributed by atoms with Gasteiger partial charge in [0.2, 0.25) is 0 Å². The zero-order valence-electron chi connectivity index (χ0n) is 22.6. The lowest BCUT2D eigenvalue weighted by Gasteiger charge is -2.23. The Kier molecular flexibility index (Phi) is 6.96. The number of ether oxygens (including phenoxy) is 3. The highest BCUT2D eigenvalue weighted by molar-refractivity contribution is 7.22. The molecule has 3 heterocycles. The number of hydrogen-bond acceptors (Lipinski definition) is 8. The topological polar surface area (TPSA) is 98.2 Å². The summed E-state index contributed by atoms with van der Waals surface area (Å²) in [7, 11) is 0. The zero-order chi connectivity index (χ0) is 28.7. The van der Waals surface area contributed by atoms with Gasteiger partial charge in [-0.05, 0) is 73.5 Å². The molecule has 1 saturated heterocycles. The van der Waals surface area contributed by atoms with Gasteiger partial charge in [0.25, 0.3) is 5.78 Å². The van der Waals surface area contributed by atoms with Gasteiger partial charge in [-0.2, -0.15) is 0 Å². The average molecular weight is 569 g/mol. The molecule has 9 heteroatoms. The second-order valence-corrected chi connectivity index (χ2v) is 10.9. The van der Waals surface area contributed by atoms with Gasteiger partial charge in [0, 0.05) is 12.0 Å². The Morgan fingerprint density at radius 1 is 1.12 bits per heavy atom. The number of amides is 1. The van der Waals surface area contributed by atoms with Gasteiger partial charge < -0.3 is 19.3 Å². The monoisotopic (exact) mass is 568 g/mol. The molecule has 3 aromatic carbocycles. The molecule has 1 aromatic heterocycles. The minimum Gasteiger partial charge on any atom is -0.507 e. The SMILES string of the molecule is C=CCOc1ccc(C2/C(=C(\O)c3ccc4c(c3)CC(C)O4)C(=O)C(=O)N2c2nc3ccc(OCC)cc3s2)cc1. The Labute approximate surface area is 241 Å². The lowest BCUT2D eigenvalue weighted by atomic mass is 9.94. The molecule has 208 valence electrons. The fourth-order valence-electron chi connectivity index (χ4n) is 5.22. The van der Waals surface area contributed by atoms with Crippen molar-refractivity contribution in [1.29, 1.82) is 0 Å². The lowest BCUT2D eigenvalue weighted by Crippen LogP contribution is -2.29. The summed E-state index contributed by atoms with van der Waals surface area (Å²) >= 11 is 1.28. The molecule has 0 aliphatic carbocycles. The summed E-state index contributed by atoms with van der Waals surface area (Å²) in [6.45, 7) is 8.41. The number of benzene rings is 3. The predicted octanol–water partition coefficient (Wildman–Crippen LogP) is 6.21. The highest BCUT2D eigenvalue weighted by atomic mass is 32.1. The van der Waals surface area contributed by atoms with Crippen molar-refractivity contribution in [1.82, 2.24) is 4.98 Å². The number of nitrogens with zero attached hydrogens (tertiary/aromatic N) is 2. The van der Waals surface area contributed by atoms with Crippen LogP contribution < -0.4 is 19.1 Å². The zero-order valence-corrected chi connectivity index (χ0v) is 23.4. The molecular weight excluding hydrogens is 540 g/mol. The predicted molar refractivity (Wildman–Crippen MR) is 158 cm³/mol. The van der Waals surface area contributed by atoms with E-state index < -0.39 is 17.7 Å². The molecule has 0 spiro atoms. The number of rotatable bonds is 8. The van der Waals surface area contributed by atoms with Crippen LogP contribution in [0.2, 0.25) is 0 Å². The van der Waals surface area contributed by atoms with Crippen LogP contribution in [-0.4, -0.2) is 41.1 Å². The number of anilines is 1. The van der Waals surface area contributed by atoms with Crippen LogP contribution in [0.15, 0.2) is 78.9 Å². The fraction of sp³-hybridized carbons (Fsp3) is 0.219. The molecule has 2 aliphatic heterocycles. The molecule has 1 fully saturated rings. The highest BCUT2D eigenvalue weighted by Gasteiger charge is 2.48. The molecule has 1 N–H and O–H groups in total. The lowest BCUT2D eigenvalue weighted by molar-refractivity contribution is -0.132. The van der Waals surface area contributed by atoms with E-state index in [1.165, 1.54) is 16.2 Å². The average Bonchev–Trinajstić information content (AvgIpc) is 3.64. The van der Waals surface area contributed by atoms with Crippen molar-refractivity contribution in [3.63, 3.8) is 0 Å². The van der Waals surface area contributed by atoms with Gasteiger partial charge in [-0.25, -0.2) is 4.98 Å². The van der Waals surface area contributed by atoms with Gasteiger partial charge >= 0.3 is 5.91 Å². The van der Waals surface area contributed by atoms with Crippen molar-refractivity contribution in [2.75, 3.05) is 18.1 Å². The molecule has 2 unspecified atom stereocenters. The normalized spacial score (nSPS) is 19.3. The number of carbonyl (C=O) groups is 2. The quantitative estimate of drug-likeness (QED) is 0.117. The molecule has 0 bridgehead atoms. The highest BCUT2D eigenvalue weighted by Crippen LogP contribution is 2.45. The molecular formula is C32H28N2O6S. The van der Waals surface area contributed by atoms with Gasteiger partial charge in [-0.15, -0.1) is 0 Å². The van der Waals surface area contributed by atoms with E-state index in [4.69, 9.17) is 19.2 Å². The van der Waals surface area contributed by atoms with Crippen molar-refractivity contribution >= 4 is 44.1 Å². The Hall–Kier alpha value is -4.63. The van der Waals surface area contributed by atoms with E-state index in [2.05, 4.69) is 6.58 Å². The summed E-state index contributed by atoms with van der Waals surface area (Å²) in [6.07, 6.45) is 2.36. The third-order valence-electron chi connectivity index (χ3n) is 7.04. The number of hydrogen-bond donors (Lipinski definition) is 1. The summed E-state index contributed by atoms with van der Waals surface area (Å²) in [5.41, 5.74) is 2.68. The van der Waals surface area contributed by atoms with E-state index in [1.54, 1.807) is 42.5 Å². The van der Waals surface area contributed by atoms with Crippen LogP contribution in [0.25, 0.3) is 16.0 Å². The van der Waals surface area contributed by atoms with Crippen molar-refractivity contribution in [2.45, 2.75) is 32.4 Å². The number of ketones is 1. The number of aliphatic hydroxyl groups is 1. The maximum Gasteiger partial charge on any atom is 0.301 e. The van der Waals surface area contributed by atoms with Gasteiger partial charge in [0.15, 0.2) is 5.13 Å². The Balaban J connectivity index is 1.48. The van der Waals surface area contributed by atoms with Crippen LogP contribution in [0.3, 0.4) is 0 Å². The summed E-state index contributed by atoms with van der Waals surface area (Å²) in [5, 5.41) is 11.9. The summed E-state index contributed by atoms with van der Waals surface area (Å²) in [6, 6.07) is 17.0. The van der Waals surface area contributed by atoms with Crippen molar-refractivity contribution in [3.8, 4) is 17.2 Å². The number of thiazole rings is 1. The first-order valence-electron chi connectivity index (χ1n) is 13.4. The van der Waals surface area contributed by atoms with E-state index in [9.17, 15) is 14.7 Å². The third kappa shape index (κ3) is 4.82. The van der Waals surface area contributed by atoms with E-state index in [1.807, 2.05) is 38.1 Å². The van der Waals surface area contributed by atoms with Crippen molar-refractivity contribution in [2.24, 2.45) is 0 Å². The van der Waals surface area contributed by atoms with Crippen LogP contribution in [-0.2, 0) is 16.0 Å². The van der Waals surface area contributed by atoms with Gasteiger partial charge in [0.05, 0.1) is 28.4 Å². The smallest absolute Gasteiger partial charge is 0.301 e. The number of carbonyl (C=O) groups excluding carboxylic acids is 2. The van der Waals surface area contributed by atoms with E-state index in [0.29, 0.717) is 52.9 Å². The van der Waals surface area contributed by atoms with Crippen molar-refractivity contribution < 1.29 is 28.9 Å². The van der Waals surface area contributed by atoms with Crippen molar-refractivity contribution in [3.05, 3.63) is 95.6 Å². The molecule has 0 radical (unpaired) electrons. The first-order valence-corrected chi connectivity index (χ1v) is 14.2. The fourth-order valence-corrected chi connectivity index (χ4v) is 6.24. The van der Waals surface area contributed by atoms with Gasteiger partial charge in [-0.3, -0.25) is 14.5 Å². The molecule has 1 amide bonds. The minimum atomic E-state index is -0.904. The number of aromatic nitrogens is 1. The number of aliphatic hydroxyl groups excluding tert-OH is 1. The molecule has 8 nitrogen and oxygen atoms in total. The van der Waals surface area contributed by atoms with Crippen LogP contribution in [0.1, 0.15) is 36.6 Å². The largest absolute Gasteiger partial charge is 0.507 e. The summed E-state index contributed by atoms with van der Waals surface area (Å²) in [5.74, 6) is 0.275. The van der Waals surface area contributed by atoms with Crippen LogP contribution in [0, 0.1) is 0 Å². The van der Waals surface area contributed by atoms with Crippen LogP contribution >= 0.6 is 11.3 Å². The first-order chi connectivity index (χ1) is 19.9. The molecule has 2 atom stereocenters. The second-order valence-electron chi connectivity index (χ2n) is 9.85. The summed E-state index contributed by atoms with van der Waals surface area (Å²) < 4.78 is 17.9.